The van der Waals surface area contributed by atoms with Gasteiger partial charge in [-0.25, -0.2) is 4.79 Å². The summed E-state index contributed by atoms with van der Waals surface area (Å²) < 4.78 is 11.5. The molecule has 1 aromatic heterocycles. The van der Waals surface area contributed by atoms with Gasteiger partial charge < -0.3 is 9.15 Å². The van der Waals surface area contributed by atoms with Gasteiger partial charge in [0.2, 0.25) is 0 Å². The van der Waals surface area contributed by atoms with E-state index in [2.05, 4.69) is 31.7 Å². The summed E-state index contributed by atoms with van der Waals surface area (Å²) in [5.74, 6) is -0.0904. The molecule has 0 radical (unpaired) electrons. The van der Waals surface area contributed by atoms with Gasteiger partial charge in [-0.2, -0.15) is 0 Å². The molecule has 5 nitrogen and oxygen atoms in total. The Hall–Kier alpha value is -2.60. The van der Waals surface area contributed by atoms with Crippen molar-refractivity contribution >= 4 is 52.0 Å². The fraction of sp³-hybridized carbons (Fsp3) is 0.471. The van der Waals surface area contributed by atoms with Crippen LogP contribution in [0.25, 0.3) is 17.0 Å². The molecule has 2 aromatic carbocycles. The molecular weight excluding hydrogens is 557 g/mol. The lowest BCUT2D eigenvalue weighted by atomic mass is 9.96. The van der Waals surface area contributed by atoms with Gasteiger partial charge in [-0.15, -0.1) is 0 Å². The van der Waals surface area contributed by atoms with Crippen LogP contribution in [-0.4, -0.2) is 42.4 Å². The standard InChI is InChI=1S/C34H43Cl2NO4/c1-6-9-14-31-32(27-20-24(15-16-30(27)41-31)34(39)40-23(4)5)33(38)25-21-28(35)26(29(36)22-25)13-12-19-37(17-10-7-2)18-11-8-3/h12-13,15-16,20-23H,6-11,14,17-19H2,1-5H3/b13-12+. The highest BCUT2D eigenvalue weighted by Gasteiger charge is 2.24. The SMILES string of the molecule is CCCCc1oc2ccc(C(=O)OC(C)C)cc2c1C(=O)c1cc(Cl)c(/C=C/CN(CCCC)CCCC)c(Cl)c1. The lowest BCUT2D eigenvalue weighted by Crippen LogP contribution is -2.26. The van der Waals surface area contributed by atoms with E-state index in [4.69, 9.17) is 32.4 Å². The monoisotopic (exact) mass is 599 g/mol. The van der Waals surface area contributed by atoms with Crippen LogP contribution in [0.3, 0.4) is 0 Å². The molecular formula is C34H43Cl2NO4. The van der Waals surface area contributed by atoms with Crippen LogP contribution in [0, 0.1) is 0 Å². The van der Waals surface area contributed by atoms with E-state index in [1.165, 1.54) is 12.8 Å². The zero-order chi connectivity index (χ0) is 29.9. The van der Waals surface area contributed by atoms with E-state index in [-0.39, 0.29) is 11.9 Å². The molecule has 0 aliphatic carbocycles. The lowest BCUT2D eigenvalue weighted by Gasteiger charge is -2.20. The summed E-state index contributed by atoms with van der Waals surface area (Å²) in [7, 11) is 0. The van der Waals surface area contributed by atoms with Crippen molar-refractivity contribution in [1.29, 1.82) is 0 Å². The number of carbonyl (C=O) groups is 2. The Kier molecular flexibility index (Phi) is 13.0. The van der Waals surface area contributed by atoms with Gasteiger partial charge in [0, 0.05) is 29.5 Å². The number of hydrogen-bond acceptors (Lipinski definition) is 5. The number of fused-ring (bicyclic) bond motifs is 1. The zero-order valence-corrected chi connectivity index (χ0v) is 26.5. The minimum Gasteiger partial charge on any atom is -0.460 e. The van der Waals surface area contributed by atoms with E-state index in [0.717, 1.165) is 45.3 Å². The van der Waals surface area contributed by atoms with Crippen LogP contribution in [0.1, 0.15) is 111 Å². The second-order valence-corrected chi connectivity index (χ2v) is 11.6. The molecule has 0 aliphatic heterocycles. The van der Waals surface area contributed by atoms with Gasteiger partial charge in [-0.3, -0.25) is 9.69 Å². The topological polar surface area (TPSA) is 59.8 Å². The first-order valence-electron chi connectivity index (χ1n) is 14.9. The molecule has 7 heteroatoms. The Bertz CT molecular complexity index is 1330. The normalized spacial score (nSPS) is 11.8. The van der Waals surface area contributed by atoms with E-state index in [9.17, 15) is 9.59 Å². The molecule has 222 valence electrons. The van der Waals surface area contributed by atoms with Crippen molar-refractivity contribution in [3.8, 4) is 0 Å². The quantitative estimate of drug-likeness (QED) is 0.121. The molecule has 1 heterocycles. The number of ether oxygens (including phenoxy) is 1. The van der Waals surface area contributed by atoms with E-state index in [0.29, 0.717) is 55.4 Å². The molecule has 0 bridgehead atoms. The summed E-state index contributed by atoms with van der Waals surface area (Å²) >= 11 is 13.4. The van der Waals surface area contributed by atoms with Crippen LogP contribution < -0.4 is 0 Å². The highest BCUT2D eigenvalue weighted by molar-refractivity contribution is 6.38. The summed E-state index contributed by atoms with van der Waals surface area (Å²) in [5.41, 5.74) is 2.42. The summed E-state index contributed by atoms with van der Waals surface area (Å²) in [5, 5.41) is 1.40. The molecule has 0 spiro atoms. The predicted molar refractivity (Wildman–Crippen MR) is 171 cm³/mol. The third-order valence-corrected chi connectivity index (χ3v) is 7.59. The number of unbranched alkanes of at least 4 members (excludes halogenated alkanes) is 3. The number of benzene rings is 2. The summed E-state index contributed by atoms with van der Waals surface area (Å²) in [6.45, 7) is 13.0. The Labute approximate surface area is 254 Å². The number of ketones is 1. The largest absolute Gasteiger partial charge is 0.460 e. The maximum absolute atomic E-state index is 14.0. The van der Waals surface area contributed by atoms with Gasteiger partial charge in [0.15, 0.2) is 5.78 Å². The molecule has 0 saturated heterocycles. The van der Waals surface area contributed by atoms with Gasteiger partial charge in [0.05, 0.1) is 27.3 Å². The number of halogens is 2. The van der Waals surface area contributed by atoms with E-state index in [1.54, 1.807) is 44.2 Å². The smallest absolute Gasteiger partial charge is 0.338 e. The molecule has 0 unspecified atom stereocenters. The number of nitrogens with zero attached hydrogens (tertiary/aromatic N) is 1. The van der Waals surface area contributed by atoms with Crippen LogP contribution in [-0.2, 0) is 11.2 Å². The summed E-state index contributed by atoms with van der Waals surface area (Å²) in [4.78, 5) is 29.0. The van der Waals surface area contributed by atoms with Crippen molar-refractivity contribution in [1.82, 2.24) is 4.90 Å². The Morgan fingerprint density at radius 1 is 0.927 bits per heavy atom. The van der Waals surface area contributed by atoms with Crippen LogP contribution >= 0.6 is 23.2 Å². The number of hydrogen-bond donors (Lipinski definition) is 0. The lowest BCUT2D eigenvalue weighted by molar-refractivity contribution is 0.0378. The Balaban J connectivity index is 1.94. The van der Waals surface area contributed by atoms with E-state index < -0.39 is 5.97 Å². The molecule has 41 heavy (non-hydrogen) atoms. The average molecular weight is 601 g/mol. The zero-order valence-electron chi connectivity index (χ0n) is 25.0. The first-order valence-corrected chi connectivity index (χ1v) is 15.6. The number of carbonyl (C=O) groups excluding carboxylic acids is 2. The fourth-order valence-electron chi connectivity index (χ4n) is 4.72. The molecule has 0 N–H and O–H groups in total. The molecule has 3 aromatic rings. The van der Waals surface area contributed by atoms with Crippen LogP contribution in [0.2, 0.25) is 10.0 Å². The molecule has 0 aliphatic rings. The maximum Gasteiger partial charge on any atom is 0.338 e. The average Bonchev–Trinajstić information content (AvgIpc) is 3.30. The summed E-state index contributed by atoms with van der Waals surface area (Å²) in [6.07, 6.45) is 10.8. The van der Waals surface area contributed by atoms with Gasteiger partial charge in [0.25, 0.3) is 0 Å². The molecule has 3 rings (SSSR count). The molecule has 0 saturated carbocycles. The van der Waals surface area contributed by atoms with Crippen LogP contribution in [0.4, 0.5) is 0 Å². The third-order valence-electron chi connectivity index (χ3n) is 6.97. The van der Waals surface area contributed by atoms with Gasteiger partial charge in [-0.05, 0) is 76.5 Å². The highest BCUT2D eigenvalue weighted by atomic mass is 35.5. The highest BCUT2D eigenvalue weighted by Crippen LogP contribution is 2.34. The minimum absolute atomic E-state index is 0.242. The van der Waals surface area contributed by atoms with Crippen LogP contribution in [0.5, 0.6) is 0 Å². The van der Waals surface area contributed by atoms with Crippen molar-refractivity contribution in [2.45, 2.75) is 85.7 Å². The molecule has 0 amide bonds. The first-order chi connectivity index (χ1) is 19.7. The van der Waals surface area contributed by atoms with Gasteiger partial charge >= 0.3 is 5.97 Å². The van der Waals surface area contributed by atoms with Gasteiger partial charge in [-0.1, -0.05) is 75.4 Å². The van der Waals surface area contributed by atoms with Crippen molar-refractivity contribution in [2.24, 2.45) is 0 Å². The number of aryl methyl sites for hydroxylation is 1. The number of furan rings is 1. The number of rotatable bonds is 16. The summed E-state index contributed by atoms with van der Waals surface area (Å²) in [6, 6.07) is 8.39. The van der Waals surface area contributed by atoms with Crippen molar-refractivity contribution in [3.05, 3.63) is 74.5 Å². The second kappa shape index (κ2) is 16.1. The van der Waals surface area contributed by atoms with Crippen molar-refractivity contribution in [2.75, 3.05) is 19.6 Å². The minimum atomic E-state index is -0.443. The van der Waals surface area contributed by atoms with Crippen LogP contribution in [0.15, 0.2) is 40.8 Å². The molecule has 0 fully saturated rings. The second-order valence-electron chi connectivity index (χ2n) is 10.8. The van der Waals surface area contributed by atoms with Crippen molar-refractivity contribution < 1.29 is 18.7 Å². The van der Waals surface area contributed by atoms with E-state index >= 15 is 0 Å². The van der Waals surface area contributed by atoms with Crippen molar-refractivity contribution in [3.63, 3.8) is 0 Å². The van der Waals surface area contributed by atoms with E-state index in [1.807, 2.05) is 6.08 Å². The maximum atomic E-state index is 14.0. The Morgan fingerprint density at radius 3 is 2.15 bits per heavy atom. The third kappa shape index (κ3) is 8.94. The number of esters is 1. The predicted octanol–water partition coefficient (Wildman–Crippen LogP) is 9.79. The fourth-order valence-corrected chi connectivity index (χ4v) is 5.33. The molecule has 0 atom stereocenters. The van der Waals surface area contributed by atoms with Gasteiger partial charge in [0.1, 0.15) is 11.3 Å². The Morgan fingerprint density at radius 2 is 1.56 bits per heavy atom. The first kappa shape index (κ1) is 32.9.